The lowest BCUT2D eigenvalue weighted by atomic mass is 10.1. The highest BCUT2D eigenvalue weighted by atomic mass is 35.5. The van der Waals surface area contributed by atoms with Crippen LogP contribution in [0.15, 0.2) is 18.2 Å². The maximum Gasteiger partial charge on any atom is 0.120 e. The van der Waals surface area contributed by atoms with E-state index in [0.717, 1.165) is 5.56 Å². The smallest absolute Gasteiger partial charge is 0.120 e. The van der Waals surface area contributed by atoms with Gasteiger partial charge in [0.05, 0.1) is 6.61 Å². The highest BCUT2D eigenvalue weighted by Gasteiger charge is 2.06. The first-order valence-electron chi connectivity index (χ1n) is 4.94. The first kappa shape index (κ1) is 12.3. The maximum absolute atomic E-state index is 8.59. The van der Waals surface area contributed by atoms with Crippen molar-refractivity contribution in [1.29, 1.82) is 0 Å². The number of rotatable bonds is 5. The fourth-order valence-electron chi connectivity index (χ4n) is 1.22. The van der Waals surface area contributed by atoms with Gasteiger partial charge in [-0.05, 0) is 24.6 Å². The minimum atomic E-state index is -0.0796. The van der Waals surface area contributed by atoms with E-state index in [1.807, 2.05) is 19.1 Å². The molecule has 15 heavy (non-hydrogen) atoms. The van der Waals surface area contributed by atoms with E-state index in [4.69, 9.17) is 27.2 Å². The second-order valence-electron chi connectivity index (χ2n) is 3.40. The molecule has 0 aliphatic rings. The third-order valence-electron chi connectivity index (χ3n) is 2.03. The van der Waals surface area contributed by atoms with Gasteiger partial charge in [0.15, 0.2) is 0 Å². The number of aliphatic hydroxyl groups excluding tert-OH is 1. The summed E-state index contributed by atoms with van der Waals surface area (Å²) in [6, 6.07) is 5.37. The van der Waals surface area contributed by atoms with Crippen molar-refractivity contribution in [3.8, 4) is 5.75 Å². The van der Waals surface area contributed by atoms with Gasteiger partial charge < -0.3 is 15.6 Å². The van der Waals surface area contributed by atoms with Crippen LogP contribution in [0.25, 0.3) is 0 Å². The Labute approximate surface area is 94.8 Å². The summed E-state index contributed by atoms with van der Waals surface area (Å²) in [5, 5.41) is 9.21. The average Bonchev–Trinajstić information content (AvgIpc) is 2.17. The van der Waals surface area contributed by atoms with E-state index in [1.165, 1.54) is 0 Å². The van der Waals surface area contributed by atoms with Crippen LogP contribution in [-0.4, -0.2) is 18.3 Å². The molecule has 1 rings (SSSR count). The molecule has 0 fully saturated rings. The van der Waals surface area contributed by atoms with Gasteiger partial charge in [-0.25, -0.2) is 0 Å². The van der Waals surface area contributed by atoms with Gasteiger partial charge in [0.25, 0.3) is 0 Å². The van der Waals surface area contributed by atoms with E-state index < -0.39 is 0 Å². The maximum atomic E-state index is 8.59. The number of aliphatic hydroxyl groups is 1. The fraction of sp³-hybridized carbons (Fsp3) is 0.455. The van der Waals surface area contributed by atoms with Gasteiger partial charge >= 0.3 is 0 Å². The number of nitrogens with two attached hydrogens (primary N) is 1. The SMILES string of the molecule is CC(N)c1ccc(OCCCO)cc1Cl. The summed E-state index contributed by atoms with van der Waals surface area (Å²) in [7, 11) is 0. The molecule has 0 aliphatic heterocycles. The van der Waals surface area contributed by atoms with Gasteiger partial charge in [0.1, 0.15) is 5.75 Å². The molecule has 1 atom stereocenters. The summed E-state index contributed by atoms with van der Waals surface area (Å²) in [5.41, 5.74) is 6.64. The summed E-state index contributed by atoms with van der Waals surface area (Å²) in [5.74, 6) is 0.706. The van der Waals surface area contributed by atoms with Crippen LogP contribution in [0.4, 0.5) is 0 Å². The van der Waals surface area contributed by atoms with Crippen LogP contribution in [-0.2, 0) is 0 Å². The zero-order chi connectivity index (χ0) is 11.3. The first-order valence-corrected chi connectivity index (χ1v) is 5.31. The molecule has 0 spiro atoms. The normalized spacial score (nSPS) is 12.5. The predicted molar refractivity (Wildman–Crippen MR) is 61.3 cm³/mol. The minimum absolute atomic E-state index is 0.0796. The molecule has 1 aromatic carbocycles. The molecule has 0 amide bonds. The number of benzene rings is 1. The molecule has 84 valence electrons. The predicted octanol–water partition coefficient (Wildman–Crippen LogP) is 2.12. The molecule has 0 aliphatic carbocycles. The summed E-state index contributed by atoms with van der Waals surface area (Å²) in [6.07, 6.45) is 0.618. The Morgan fingerprint density at radius 3 is 2.80 bits per heavy atom. The van der Waals surface area contributed by atoms with E-state index in [-0.39, 0.29) is 12.6 Å². The first-order chi connectivity index (χ1) is 7.15. The van der Waals surface area contributed by atoms with Gasteiger partial charge in [-0.3, -0.25) is 0 Å². The van der Waals surface area contributed by atoms with Gasteiger partial charge in [0.2, 0.25) is 0 Å². The van der Waals surface area contributed by atoms with Crippen LogP contribution in [0, 0.1) is 0 Å². The van der Waals surface area contributed by atoms with Gasteiger partial charge in [-0.15, -0.1) is 0 Å². The summed E-state index contributed by atoms with van der Waals surface area (Å²) >= 11 is 6.03. The van der Waals surface area contributed by atoms with E-state index in [0.29, 0.717) is 23.8 Å². The Balaban J connectivity index is 2.65. The molecule has 3 nitrogen and oxygen atoms in total. The lowest BCUT2D eigenvalue weighted by molar-refractivity contribution is 0.233. The van der Waals surface area contributed by atoms with Crippen molar-refractivity contribution in [3.63, 3.8) is 0 Å². The standard InChI is InChI=1S/C11H16ClNO2/c1-8(13)10-4-3-9(7-11(10)12)15-6-2-5-14/h3-4,7-8,14H,2,5-6,13H2,1H3. The van der Waals surface area contributed by atoms with Gasteiger partial charge in [0, 0.05) is 24.1 Å². The monoisotopic (exact) mass is 229 g/mol. The van der Waals surface area contributed by atoms with Crippen molar-refractivity contribution >= 4 is 11.6 Å². The van der Waals surface area contributed by atoms with Crippen LogP contribution < -0.4 is 10.5 Å². The molecule has 1 unspecified atom stereocenters. The molecule has 0 heterocycles. The van der Waals surface area contributed by atoms with Crippen molar-refractivity contribution in [1.82, 2.24) is 0 Å². The summed E-state index contributed by atoms with van der Waals surface area (Å²) in [6.45, 7) is 2.50. The highest BCUT2D eigenvalue weighted by Crippen LogP contribution is 2.26. The zero-order valence-corrected chi connectivity index (χ0v) is 9.50. The third-order valence-corrected chi connectivity index (χ3v) is 2.36. The fourth-order valence-corrected chi connectivity index (χ4v) is 1.56. The Hall–Kier alpha value is -0.770. The number of hydrogen-bond acceptors (Lipinski definition) is 3. The summed E-state index contributed by atoms with van der Waals surface area (Å²) < 4.78 is 5.38. The molecule has 1 aromatic rings. The Kier molecular flexibility index (Phi) is 4.88. The van der Waals surface area contributed by atoms with Crippen molar-refractivity contribution in [2.24, 2.45) is 5.73 Å². The lowest BCUT2D eigenvalue weighted by Gasteiger charge is -2.10. The molecular formula is C11H16ClNO2. The molecule has 0 saturated carbocycles. The molecule has 0 radical (unpaired) electrons. The molecule has 3 N–H and O–H groups in total. The second-order valence-corrected chi connectivity index (χ2v) is 3.80. The van der Waals surface area contributed by atoms with Crippen LogP contribution in [0.2, 0.25) is 5.02 Å². The Morgan fingerprint density at radius 1 is 1.53 bits per heavy atom. The lowest BCUT2D eigenvalue weighted by Crippen LogP contribution is -2.06. The Bertz CT molecular complexity index is 315. The summed E-state index contributed by atoms with van der Waals surface area (Å²) in [4.78, 5) is 0. The third kappa shape index (κ3) is 3.70. The van der Waals surface area contributed by atoms with E-state index >= 15 is 0 Å². The van der Waals surface area contributed by atoms with E-state index in [9.17, 15) is 0 Å². The molecule has 0 aromatic heterocycles. The molecule has 0 bridgehead atoms. The van der Waals surface area contributed by atoms with Crippen LogP contribution >= 0.6 is 11.6 Å². The van der Waals surface area contributed by atoms with Crippen LogP contribution in [0.5, 0.6) is 5.75 Å². The topological polar surface area (TPSA) is 55.5 Å². The second kappa shape index (κ2) is 5.95. The number of halogens is 1. The van der Waals surface area contributed by atoms with Gasteiger partial charge in [-0.2, -0.15) is 0 Å². The van der Waals surface area contributed by atoms with Crippen molar-refractivity contribution in [2.75, 3.05) is 13.2 Å². The van der Waals surface area contributed by atoms with E-state index in [1.54, 1.807) is 6.07 Å². The minimum Gasteiger partial charge on any atom is -0.493 e. The Morgan fingerprint density at radius 2 is 2.27 bits per heavy atom. The largest absolute Gasteiger partial charge is 0.493 e. The number of ether oxygens (including phenoxy) is 1. The molecular weight excluding hydrogens is 214 g/mol. The van der Waals surface area contributed by atoms with E-state index in [2.05, 4.69) is 0 Å². The molecule has 0 saturated heterocycles. The highest BCUT2D eigenvalue weighted by molar-refractivity contribution is 6.31. The van der Waals surface area contributed by atoms with Crippen LogP contribution in [0.1, 0.15) is 24.9 Å². The van der Waals surface area contributed by atoms with Crippen molar-refractivity contribution in [3.05, 3.63) is 28.8 Å². The van der Waals surface area contributed by atoms with Crippen LogP contribution in [0.3, 0.4) is 0 Å². The quantitative estimate of drug-likeness (QED) is 0.761. The zero-order valence-electron chi connectivity index (χ0n) is 8.74. The van der Waals surface area contributed by atoms with Gasteiger partial charge in [-0.1, -0.05) is 17.7 Å². The van der Waals surface area contributed by atoms with Crippen molar-refractivity contribution < 1.29 is 9.84 Å². The molecule has 4 heteroatoms. The number of hydrogen-bond donors (Lipinski definition) is 2. The van der Waals surface area contributed by atoms with Crippen molar-refractivity contribution in [2.45, 2.75) is 19.4 Å². The average molecular weight is 230 g/mol.